The van der Waals surface area contributed by atoms with Gasteiger partial charge in [0.15, 0.2) is 4.87 Å². The number of benzene rings is 1. The van der Waals surface area contributed by atoms with Crippen LogP contribution in [0.15, 0.2) is 18.2 Å². The van der Waals surface area contributed by atoms with E-state index >= 15 is 0 Å². The van der Waals surface area contributed by atoms with Crippen LogP contribution in [0.5, 0.6) is 0 Å². The number of fused-ring (bicyclic) bond motifs is 2. The average molecular weight is 416 g/mol. The van der Waals surface area contributed by atoms with Crippen molar-refractivity contribution in [3.05, 3.63) is 34.9 Å². The summed E-state index contributed by atoms with van der Waals surface area (Å²) >= 11 is 9.30. The van der Waals surface area contributed by atoms with Crippen LogP contribution in [-0.4, -0.2) is 44.8 Å². The Labute approximate surface area is 176 Å². The van der Waals surface area contributed by atoms with Crippen molar-refractivity contribution in [1.29, 1.82) is 5.26 Å². The zero-order chi connectivity index (χ0) is 20.4. The number of carbonyl (C=O) groups excluding carboxylic acids is 2. The Morgan fingerprint density at radius 2 is 1.93 bits per heavy atom. The van der Waals surface area contributed by atoms with Crippen molar-refractivity contribution in [2.24, 2.45) is 5.41 Å². The Morgan fingerprint density at radius 1 is 1.25 bits per heavy atom. The van der Waals surface area contributed by atoms with Crippen molar-refractivity contribution in [2.45, 2.75) is 61.7 Å². The molecule has 3 aliphatic rings. The van der Waals surface area contributed by atoms with Crippen LogP contribution in [0.1, 0.15) is 49.4 Å². The van der Waals surface area contributed by atoms with E-state index in [1.807, 2.05) is 19.9 Å². The molecule has 0 N–H and O–H groups in total. The summed E-state index contributed by atoms with van der Waals surface area (Å²) in [6, 6.07) is 7.74. The second-order valence-corrected chi connectivity index (χ2v) is 9.91. The highest BCUT2D eigenvalue weighted by Gasteiger charge is 2.65. The van der Waals surface area contributed by atoms with Crippen molar-refractivity contribution in [3.8, 4) is 6.07 Å². The van der Waals surface area contributed by atoms with Crippen molar-refractivity contribution in [3.63, 3.8) is 0 Å². The van der Waals surface area contributed by atoms with E-state index in [2.05, 4.69) is 30.8 Å². The predicted octanol–water partition coefficient (Wildman–Crippen LogP) is 2.76. The quantitative estimate of drug-likeness (QED) is 0.694. The molecule has 1 aromatic carbocycles. The standard InChI is InChI=1S/C21H25N3O2S2/c1-12-16(27)18(25)24-17(15-8-7-13-5-4-6-14(13)9-15)20(2,11-22)10-21(24,28)19(26)23(12)3/h7-9,12,16-17,27-28H,4-6,10H2,1-3H3/t12?,16?,17?,20-,21?/m1/s1. The Morgan fingerprint density at radius 3 is 2.61 bits per heavy atom. The van der Waals surface area contributed by atoms with Gasteiger partial charge in [-0.3, -0.25) is 9.59 Å². The number of nitrogens with zero attached hydrogens (tertiary/aromatic N) is 3. The van der Waals surface area contributed by atoms with Crippen LogP contribution < -0.4 is 0 Å². The summed E-state index contributed by atoms with van der Waals surface area (Å²) in [5.74, 6) is -0.494. The number of carbonyl (C=O) groups is 2. The number of likely N-dealkylation sites (N-methyl/N-ethyl adjacent to an activating group) is 1. The molecule has 1 aliphatic carbocycles. The first-order chi connectivity index (χ1) is 13.1. The molecule has 1 aromatic rings. The summed E-state index contributed by atoms with van der Waals surface area (Å²) < 4.78 is 0. The molecule has 0 spiro atoms. The van der Waals surface area contributed by atoms with Crippen LogP contribution in [0.25, 0.3) is 0 Å². The lowest BCUT2D eigenvalue weighted by molar-refractivity contribution is -0.142. The molecule has 2 fully saturated rings. The van der Waals surface area contributed by atoms with E-state index < -0.39 is 21.6 Å². The van der Waals surface area contributed by atoms with Gasteiger partial charge in [0, 0.05) is 19.5 Å². The number of amides is 2. The molecule has 28 heavy (non-hydrogen) atoms. The van der Waals surface area contributed by atoms with E-state index in [4.69, 9.17) is 12.6 Å². The van der Waals surface area contributed by atoms with E-state index in [1.165, 1.54) is 11.1 Å². The number of aryl methyl sites for hydroxylation is 2. The van der Waals surface area contributed by atoms with Crippen LogP contribution in [0.3, 0.4) is 0 Å². The Bertz CT molecular complexity index is 913. The Balaban J connectivity index is 1.90. The van der Waals surface area contributed by atoms with Gasteiger partial charge >= 0.3 is 0 Å². The predicted molar refractivity (Wildman–Crippen MR) is 113 cm³/mol. The zero-order valence-corrected chi connectivity index (χ0v) is 18.1. The molecule has 7 heteroatoms. The first-order valence-corrected chi connectivity index (χ1v) is 10.6. The monoisotopic (exact) mass is 415 g/mol. The zero-order valence-electron chi connectivity index (χ0n) is 16.3. The minimum absolute atomic E-state index is 0.184. The van der Waals surface area contributed by atoms with E-state index in [-0.39, 0.29) is 24.3 Å². The highest BCUT2D eigenvalue weighted by Crippen LogP contribution is 2.57. The molecule has 0 radical (unpaired) electrons. The van der Waals surface area contributed by atoms with E-state index in [9.17, 15) is 14.9 Å². The molecular weight excluding hydrogens is 390 g/mol. The minimum Gasteiger partial charge on any atom is -0.339 e. The Kier molecular flexibility index (Phi) is 4.51. The van der Waals surface area contributed by atoms with Crippen LogP contribution in [-0.2, 0) is 22.4 Å². The molecule has 2 aliphatic heterocycles. The number of nitriles is 1. The molecule has 0 saturated carbocycles. The highest BCUT2D eigenvalue weighted by molar-refractivity contribution is 7.83. The maximum atomic E-state index is 13.5. The first-order valence-electron chi connectivity index (χ1n) is 9.68. The van der Waals surface area contributed by atoms with Gasteiger partial charge in [0.2, 0.25) is 5.91 Å². The van der Waals surface area contributed by atoms with Gasteiger partial charge in [0.05, 0.1) is 17.5 Å². The smallest absolute Gasteiger partial charge is 0.258 e. The molecule has 5 nitrogen and oxygen atoms in total. The second-order valence-electron chi connectivity index (χ2n) is 8.62. The third-order valence-electron chi connectivity index (χ3n) is 6.79. The van der Waals surface area contributed by atoms with Gasteiger partial charge in [-0.05, 0) is 49.8 Å². The van der Waals surface area contributed by atoms with Crippen molar-refractivity contribution in [2.75, 3.05) is 7.05 Å². The summed E-state index contributed by atoms with van der Waals surface area (Å²) in [7, 11) is 1.68. The fourth-order valence-corrected chi connectivity index (χ4v) is 6.11. The lowest BCUT2D eigenvalue weighted by Gasteiger charge is -2.36. The molecule has 2 amide bonds. The summed E-state index contributed by atoms with van der Waals surface area (Å²) in [6.07, 6.45) is 3.38. The molecule has 4 rings (SSSR count). The molecule has 2 heterocycles. The summed E-state index contributed by atoms with van der Waals surface area (Å²) in [6.45, 7) is 3.65. The largest absolute Gasteiger partial charge is 0.339 e. The topological polar surface area (TPSA) is 64.4 Å². The lowest BCUT2D eigenvalue weighted by atomic mass is 9.79. The van der Waals surface area contributed by atoms with Crippen LogP contribution in [0, 0.1) is 16.7 Å². The minimum atomic E-state index is -1.36. The van der Waals surface area contributed by atoms with Crippen LogP contribution in [0.4, 0.5) is 0 Å². The summed E-state index contributed by atoms with van der Waals surface area (Å²) in [5.41, 5.74) is 2.58. The molecule has 5 atom stereocenters. The van der Waals surface area contributed by atoms with Crippen molar-refractivity contribution >= 4 is 37.1 Å². The van der Waals surface area contributed by atoms with E-state index in [0.717, 1.165) is 24.8 Å². The maximum Gasteiger partial charge on any atom is 0.258 e. The Hall–Kier alpha value is -1.65. The maximum absolute atomic E-state index is 13.5. The van der Waals surface area contributed by atoms with Gasteiger partial charge in [-0.15, -0.1) is 12.6 Å². The average Bonchev–Trinajstić information content (AvgIpc) is 3.23. The normalized spacial score (nSPS) is 37.5. The number of thiol groups is 2. The highest BCUT2D eigenvalue weighted by atomic mass is 32.1. The first kappa shape index (κ1) is 19.7. The molecular formula is C21H25N3O2S2. The van der Waals surface area contributed by atoms with Gasteiger partial charge in [-0.1, -0.05) is 18.2 Å². The van der Waals surface area contributed by atoms with Gasteiger partial charge < -0.3 is 9.80 Å². The van der Waals surface area contributed by atoms with E-state index in [0.29, 0.717) is 0 Å². The molecule has 148 valence electrons. The summed E-state index contributed by atoms with van der Waals surface area (Å²) in [4.78, 5) is 28.5. The van der Waals surface area contributed by atoms with Crippen molar-refractivity contribution < 1.29 is 9.59 Å². The van der Waals surface area contributed by atoms with Gasteiger partial charge in [-0.25, -0.2) is 0 Å². The molecule has 4 unspecified atom stereocenters. The number of hydrogen-bond acceptors (Lipinski definition) is 5. The van der Waals surface area contributed by atoms with Crippen LogP contribution in [0.2, 0.25) is 0 Å². The third-order valence-corrected chi connectivity index (χ3v) is 8.01. The molecule has 0 bridgehead atoms. The summed E-state index contributed by atoms with van der Waals surface area (Å²) in [5, 5.41) is 9.41. The van der Waals surface area contributed by atoms with Gasteiger partial charge in [-0.2, -0.15) is 17.9 Å². The number of rotatable bonds is 1. The SMILES string of the molecule is CC1C(S)C(=O)N2C(c3ccc4c(c3)CCC4)[C@@](C)(C#N)CC2(S)C(=O)N1C. The van der Waals surface area contributed by atoms with Crippen molar-refractivity contribution in [1.82, 2.24) is 9.80 Å². The van der Waals surface area contributed by atoms with Crippen LogP contribution >= 0.6 is 25.3 Å². The second kappa shape index (κ2) is 6.43. The molecule has 0 aromatic heterocycles. The third kappa shape index (κ3) is 2.54. The lowest BCUT2D eigenvalue weighted by Crippen LogP contribution is -2.52. The van der Waals surface area contributed by atoms with Gasteiger partial charge in [0.1, 0.15) is 5.25 Å². The number of hydrogen-bond donors (Lipinski definition) is 2. The molecule has 2 saturated heterocycles. The van der Waals surface area contributed by atoms with Gasteiger partial charge in [0.25, 0.3) is 5.91 Å². The van der Waals surface area contributed by atoms with E-state index in [1.54, 1.807) is 16.8 Å². The fraction of sp³-hybridized carbons (Fsp3) is 0.571. The fourth-order valence-electron chi connectivity index (χ4n) is 5.09.